The Morgan fingerprint density at radius 3 is 2.89 bits per heavy atom. The minimum atomic E-state index is 0.570. The molecular weight excluding hydrogens is 220 g/mol. The molecule has 0 bridgehead atoms. The van der Waals surface area contributed by atoms with Gasteiger partial charge in [-0.05, 0) is 51.8 Å². The van der Waals surface area contributed by atoms with Crippen molar-refractivity contribution in [2.75, 3.05) is 20.1 Å². The molecular formula is C16H26N2. The van der Waals surface area contributed by atoms with Crippen LogP contribution in [0.1, 0.15) is 43.0 Å². The smallest absolute Gasteiger partial charge is 0.0326 e. The monoisotopic (exact) mass is 246 g/mol. The lowest BCUT2D eigenvalue weighted by atomic mass is 10.1. The van der Waals surface area contributed by atoms with E-state index in [-0.39, 0.29) is 0 Å². The van der Waals surface area contributed by atoms with Crippen LogP contribution >= 0.6 is 0 Å². The third-order valence-corrected chi connectivity index (χ3v) is 4.12. The van der Waals surface area contributed by atoms with Gasteiger partial charge >= 0.3 is 0 Å². The topological polar surface area (TPSA) is 15.3 Å². The molecule has 0 saturated heterocycles. The first-order chi connectivity index (χ1) is 8.58. The fraction of sp³-hybridized carbons (Fsp3) is 0.625. The number of aryl methyl sites for hydroxylation is 2. The highest BCUT2D eigenvalue weighted by Gasteiger charge is 2.21. The predicted octanol–water partition coefficient (Wildman–Crippen LogP) is 2.91. The van der Waals surface area contributed by atoms with E-state index in [9.17, 15) is 0 Å². The summed E-state index contributed by atoms with van der Waals surface area (Å²) in [5.41, 5.74) is 4.44. The highest BCUT2D eigenvalue weighted by atomic mass is 15.1. The molecule has 0 fully saturated rings. The maximum absolute atomic E-state index is 3.71. The molecule has 0 amide bonds. The third kappa shape index (κ3) is 3.12. The minimum Gasteiger partial charge on any atom is -0.309 e. The second-order valence-electron chi connectivity index (χ2n) is 5.82. The number of hydrogen-bond donors (Lipinski definition) is 1. The van der Waals surface area contributed by atoms with E-state index in [4.69, 9.17) is 0 Å². The van der Waals surface area contributed by atoms with Gasteiger partial charge in [-0.15, -0.1) is 0 Å². The van der Waals surface area contributed by atoms with Crippen molar-refractivity contribution in [2.45, 2.75) is 45.7 Å². The molecule has 2 heteroatoms. The van der Waals surface area contributed by atoms with Crippen molar-refractivity contribution in [2.24, 2.45) is 0 Å². The quantitative estimate of drug-likeness (QED) is 0.859. The second kappa shape index (κ2) is 5.85. The number of nitrogens with zero attached hydrogens (tertiary/aromatic N) is 1. The molecule has 100 valence electrons. The van der Waals surface area contributed by atoms with Gasteiger partial charge in [-0.25, -0.2) is 0 Å². The Morgan fingerprint density at radius 1 is 1.39 bits per heavy atom. The molecule has 1 atom stereocenters. The van der Waals surface area contributed by atoms with Crippen LogP contribution in [0.2, 0.25) is 0 Å². The third-order valence-electron chi connectivity index (χ3n) is 4.12. The zero-order chi connectivity index (χ0) is 13.1. The van der Waals surface area contributed by atoms with Crippen LogP contribution in [0.15, 0.2) is 18.2 Å². The number of hydrogen-bond acceptors (Lipinski definition) is 2. The Labute approximate surface area is 111 Å². The van der Waals surface area contributed by atoms with Crippen LogP contribution in [0.5, 0.6) is 0 Å². The summed E-state index contributed by atoms with van der Waals surface area (Å²) < 4.78 is 0. The minimum absolute atomic E-state index is 0.570. The zero-order valence-electron chi connectivity index (χ0n) is 12.2. The zero-order valence-corrected chi connectivity index (χ0v) is 12.2. The number of nitrogens with one attached hydrogen (secondary N) is 1. The summed E-state index contributed by atoms with van der Waals surface area (Å²) in [6.07, 6.45) is 2.48. The Bertz CT molecular complexity index is 398. The molecule has 1 aliphatic carbocycles. The van der Waals surface area contributed by atoms with Crippen LogP contribution < -0.4 is 5.32 Å². The molecule has 0 heterocycles. The molecule has 0 aromatic heterocycles. The molecule has 0 aliphatic heterocycles. The lowest BCUT2D eigenvalue weighted by molar-refractivity contribution is 0.269. The highest BCUT2D eigenvalue weighted by Crippen LogP contribution is 2.31. The number of likely N-dealkylation sites (N-methyl/N-ethyl adjacent to an activating group) is 1. The van der Waals surface area contributed by atoms with Gasteiger partial charge < -0.3 is 10.2 Å². The van der Waals surface area contributed by atoms with Gasteiger partial charge in [-0.2, -0.15) is 0 Å². The standard InChI is InChI=1S/C16H26N2/c1-12(2)18(4)10-9-17-16-8-7-14-6-5-13(3)11-15(14)16/h5-6,11-12,16-17H,7-10H2,1-4H3. The molecule has 18 heavy (non-hydrogen) atoms. The molecule has 0 saturated carbocycles. The SMILES string of the molecule is Cc1ccc2c(c1)C(NCCN(C)C(C)C)CC2. The van der Waals surface area contributed by atoms with Crippen molar-refractivity contribution in [3.8, 4) is 0 Å². The van der Waals surface area contributed by atoms with Crippen molar-refractivity contribution < 1.29 is 0 Å². The molecule has 0 spiro atoms. The summed E-state index contributed by atoms with van der Waals surface area (Å²) >= 11 is 0. The van der Waals surface area contributed by atoms with E-state index in [1.165, 1.54) is 29.5 Å². The molecule has 2 nitrogen and oxygen atoms in total. The summed E-state index contributed by atoms with van der Waals surface area (Å²) in [6.45, 7) is 8.87. The summed E-state index contributed by atoms with van der Waals surface area (Å²) in [7, 11) is 2.19. The van der Waals surface area contributed by atoms with E-state index in [1.807, 2.05) is 0 Å². The van der Waals surface area contributed by atoms with Crippen molar-refractivity contribution in [3.05, 3.63) is 34.9 Å². The molecule has 2 rings (SSSR count). The molecule has 1 aromatic carbocycles. The largest absolute Gasteiger partial charge is 0.309 e. The summed E-state index contributed by atoms with van der Waals surface area (Å²) in [4.78, 5) is 2.39. The van der Waals surface area contributed by atoms with Gasteiger partial charge in [0, 0.05) is 25.2 Å². The maximum atomic E-state index is 3.71. The average molecular weight is 246 g/mol. The molecule has 1 N–H and O–H groups in total. The van der Waals surface area contributed by atoms with Crippen molar-refractivity contribution in [1.82, 2.24) is 10.2 Å². The summed E-state index contributed by atoms with van der Waals surface area (Å²) in [6, 6.07) is 8.08. The van der Waals surface area contributed by atoms with Crippen LogP contribution in [-0.4, -0.2) is 31.1 Å². The first kappa shape index (κ1) is 13.6. The summed E-state index contributed by atoms with van der Waals surface area (Å²) in [5, 5.41) is 3.71. The van der Waals surface area contributed by atoms with Crippen LogP contribution in [-0.2, 0) is 6.42 Å². The molecule has 0 radical (unpaired) electrons. The van der Waals surface area contributed by atoms with Crippen LogP contribution in [0, 0.1) is 6.92 Å². The van der Waals surface area contributed by atoms with Crippen LogP contribution in [0.4, 0.5) is 0 Å². The number of fused-ring (bicyclic) bond motifs is 1. The van der Waals surface area contributed by atoms with E-state index in [2.05, 4.69) is 56.2 Å². The Hall–Kier alpha value is -0.860. The van der Waals surface area contributed by atoms with Gasteiger partial charge in [0.05, 0.1) is 0 Å². The predicted molar refractivity (Wildman–Crippen MR) is 78.0 cm³/mol. The highest BCUT2D eigenvalue weighted by molar-refractivity contribution is 5.37. The van der Waals surface area contributed by atoms with E-state index < -0.39 is 0 Å². The van der Waals surface area contributed by atoms with Gasteiger partial charge in [0.25, 0.3) is 0 Å². The van der Waals surface area contributed by atoms with Crippen molar-refractivity contribution in [3.63, 3.8) is 0 Å². The Morgan fingerprint density at radius 2 is 2.17 bits per heavy atom. The first-order valence-electron chi connectivity index (χ1n) is 7.11. The second-order valence-corrected chi connectivity index (χ2v) is 5.82. The fourth-order valence-corrected chi connectivity index (χ4v) is 2.61. The van der Waals surface area contributed by atoms with E-state index >= 15 is 0 Å². The van der Waals surface area contributed by atoms with E-state index in [0.717, 1.165) is 13.1 Å². The lowest BCUT2D eigenvalue weighted by Crippen LogP contribution is -2.34. The van der Waals surface area contributed by atoms with E-state index in [0.29, 0.717) is 12.1 Å². The molecule has 1 aromatic rings. The lowest BCUT2D eigenvalue weighted by Gasteiger charge is -2.22. The van der Waals surface area contributed by atoms with Gasteiger partial charge in [-0.1, -0.05) is 23.8 Å². The van der Waals surface area contributed by atoms with Gasteiger partial charge in [-0.3, -0.25) is 0 Å². The van der Waals surface area contributed by atoms with Gasteiger partial charge in [0.15, 0.2) is 0 Å². The fourth-order valence-electron chi connectivity index (χ4n) is 2.61. The molecule has 1 aliphatic rings. The molecule has 1 unspecified atom stereocenters. The van der Waals surface area contributed by atoms with Crippen LogP contribution in [0.3, 0.4) is 0 Å². The van der Waals surface area contributed by atoms with Crippen molar-refractivity contribution >= 4 is 0 Å². The van der Waals surface area contributed by atoms with Crippen LogP contribution in [0.25, 0.3) is 0 Å². The average Bonchev–Trinajstić information content (AvgIpc) is 2.71. The summed E-state index contributed by atoms with van der Waals surface area (Å²) in [5.74, 6) is 0. The van der Waals surface area contributed by atoms with Gasteiger partial charge in [0.2, 0.25) is 0 Å². The number of rotatable bonds is 5. The van der Waals surface area contributed by atoms with E-state index in [1.54, 1.807) is 0 Å². The normalized spacial score (nSPS) is 18.7. The first-order valence-corrected chi connectivity index (χ1v) is 7.11. The number of benzene rings is 1. The Kier molecular flexibility index (Phi) is 4.41. The van der Waals surface area contributed by atoms with Crippen molar-refractivity contribution in [1.29, 1.82) is 0 Å². The maximum Gasteiger partial charge on any atom is 0.0326 e. The Balaban J connectivity index is 1.88. The van der Waals surface area contributed by atoms with Gasteiger partial charge in [0.1, 0.15) is 0 Å².